The van der Waals surface area contributed by atoms with Crippen molar-refractivity contribution in [1.82, 2.24) is 0 Å². The molecule has 1 rings (SSSR count). The van der Waals surface area contributed by atoms with Crippen LogP contribution in [0.3, 0.4) is 0 Å². The lowest BCUT2D eigenvalue weighted by atomic mass is 9.54. The average Bonchev–Trinajstić information content (AvgIpc) is 2.20. The van der Waals surface area contributed by atoms with E-state index in [1.807, 2.05) is 20.8 Å². The highest BCUT2D eigenvalue weighted by Crippen LogP contribution is 2.43. The van der Waals surface area contributed by atoms with Crippen LogP contribution in [0.15, 0.2) is 11.8 Å². The van der Waals surface area contributed by atoms with Gasteiger partial charge in [0.05, 0.1) is 10.9 Å². The van der Waals surface area contributed by atoms with Gasteiger partial charge in [-0.15, -0.1) is 0 Å². The topological polar surface area (TPSA) is 55.5 Å². The van der Waals surface area contributed by atoms with Crippen LogP contribution in [-0.4, -0.2) is 17.7 Å². The number of hydrogen-bond acceptors (Lipinski definition) is 3. The van der Waals surface area contributed by atoms with Crippen molar-refractivity contribution in [2.45, 2.75) is 58.9 Å². The van der Waals surface area contributed by atoms with Crippen LogP contribution in [0.25, 0.3) is 0 Å². The van der Waals surface area contributed by atoms with Gasteiger partial charge in [0.15, 0.2) is 0 Å². The molecule has 0 aromatic rings. The Labute approximate surface area is 111 Å². The van der Waals surface area contributed by atoms with Crippen molar-refractivity contribution in [2.75, 3.05) is 0 Å². The molecular formula is C14H24BNO2. The zero-order chi connectivity index (χ0) is 14.2. The van der Waals surface area contributed by atoms with E-state index in [0.29, 0.717) is 12.1 Å². The number of nitrogens with two attached hydrogens (primary N) is 1. The van der Waals surface area contributed by atoms with Crippen LogP contribution in [-0.2, 0) is 4.65 Å². The predicted octanol–water partition coefficient (Wildman–Crippen LogP) is 2.32. The fraction of sp³-hybridized carbons (Fsp3) is 0.714. The van der Waals surface area contributed by atoms with Crippen molar-refractivity contribution < 1.29 is 9.68 Å². The smallest absolute Gasteiger partial charge is 0.426 e. The first kappa shape index (κ1) is 15.1. The second-order valence-electron chi connectivity index (χ2n) is 6.75. The summed E-state index contributed by atoms with van der Waals surface area (Å²) in [6.07, 6.45) is 2.16. The van der Waals surface area contributed by atoms with Gasteiger partial charge in [0.2, 0.25) is 0 Å². The lowest BCUT2D eigenvalue weighted by molar-refractivity contribution is -0.0208. The lowest BCUT2D eigenvalue weighted by Crippen LogP contribution is -2.49. The maximum absolute atomic E-state index is 10.4. The number of allylic oxidation sites excluding steroid dienone is 2. The Morgan fingerprint density at radius 1 is 1.39 bits per heavy atom. The summed E-state index contributed by atoms with van der Waals surface area (Å²) in [7, 11) is -0.961. The zero-order valence-electron chi connectivity index (χ0n) is 12.3. The van der Waals surface area contributed by atoms with Gasteiger partial charge in [0.1, 0.15) is 0 Å². The van der Waals surface area contributed by atoms with E-state index in [-0.39, 0.29) is 5.41 Å². The van der Waals surface area contributed by atoms with Gasteiger partial charge < -0.3 is 15.4 Å². The standard InChI is InChI=1S/C14H24BNO2/c1-12(2,3)13(4,5)18-15(17)14(6)10-8-7-9-11(14)16/h9,17H,10,16H2,1-6H3. The maximum atomic E-state index is 10.4. The Morgan fingerprint density at radius 3 is 2.39 bits per heavy atom. The Bertz CT molecular complexity index is 412. The molecule has 0 aliphatic heterocycles. The van der Waals surface area contributed by atoms with E-state index in [1.54, 1.807) is 6.08 Å². The molecule has 3 N–H and O–H groups in total. The largest absolute Gasteiger partial charge is 0.468 e. The summed E-state index contributed by atoms with van der Waals surface area (Å²) in [5.41, 5.74) is 6.00. The van der Waals surface area contributed by atoms with E-state index in [1.165, 1.54) is 0 Å². The molecular weight excluding hydrogens is 225 g/mol. The summed E-state index contributed by atoms with van der Waals surface area (Å²) >= 11 is 0. The van der Waals surface area contributed by atoms with Gasteiger partial charge in [-0.05, 0) is 19.3 Å². The van der Waals surface area contributed by atoms with Gasteiger partial charge in [-0.2, -0.15) is 0 Å². The minimum atomic E-state index is -0.961. The van der Waals surface area contributed by atoms with E-state index in [9.17, 15) is 5.02 Å². The van der Waals surface area contributed by atoms with Gasteiger partial charge in [-0.1, -0.05) is 39.5 Å². The molecule has 100 valence electrons. The Morgan fingerprint density at radius 2 is 1.94 bits per heavy atom. The van der Waals surface area contributed by atoms with E-state index >= 15 is 0 Å². The molecule has 4 heteroatoms. The first-order valence-electron chi connectivity index (χ1n) is 6.31. The summed E-state index contributed by atoms with van der Waals surface area (Å²) in [5, 5.41) is 9.76. The molecule has 0 amide bonds. The van der Waals surface area contributed by atoms with E-state index in [4.69, 9.17) is 10.4 Å². The van der Waals surface area contributed by atoms with Gasteiger partial charge in [0.25, 0.3) is 0 Å². The third-order valence-corrected chi connectivity index (χ3v) is 4.20. The minimum Gasteiger partial charge on any atom is -0.426 e. The molecule has 18 heavy (non-hydrogen) atoms. The van der Waals surface area contributed by atoms with Gasteiger partial charge >= 0.3 is 7.12 Å². The minimum absolute atomic E-state index is 0.0802. The van der Waals surface area contributed by atoms with Crippen LogP contribution in [0.5, 0.6) is 0 Å². The second kappa shape index (κ2) is 4.64. The van der Waals surface area contributed by atoms with Gasteiger partial charge in [-0.25, -0.2) is 0 Å². The van der Waals surface area contributed by atoms with E-state index in [2.05, 4.69) is 32.6 Å². The van der Waals surface area contributed by atoms with Crippen LogP contribution in [0.4, 0.5) is 0 Å². The summed E-state index contributed by atoms with van der Waals surface area (Å²) in [4.78, 5) is 0. The van der Waals surface area contributed by atoms with E-state index in [0.717, 1.165) is 0 Å². The Hall–Kier alpha value is -0.915. The molecule has 3 nitrogen and oxygen atoms in total. The molecule has 0 heterocycles. The Kier molecular flexibility index (Phi) is 3.90. The van der Waals surface area contributed by atoms with Crippen molar-refractivity contribution in [3.63, 3.8) is 0 Å². The zero-order valence-corrected chi connectivity index (χ0v) is 12.3. The maximum Gasteiger partial charge on any atom is 0.468 e. The van der Waals surface area contributed by atoms with E-state index < -0.39 is 18.0 Å². The SMILES string of the molecule is CC1(B(O)OC(C)(C)C(C)(C)C)CC#CC=C1N. The van der Waals surface area contributed by atoms with Crippen LogP contribution in [0.2, 0.25) is 5.31 Å². The van der Waals surface area contributed by atoms with Crippen LogP contribution in [0, 0.1) is 17.3 Å². The summed E-state index contributed by atoms with van der Waals surface area (Å²) in [5.74, 6) is 5.80. The van der Waals surface area contributed by atoms with Crippen molar-refractivity contribution in [3.05, 3.63) is 11.8 Å². The third kappa shape index (κ3) is 2.73. The van der Waals surface area contributed by atoms with Crippen molar-refractivity contribution in [2.24, 2.45) is 11.1 Å². The van der Waals surface area contributed by atoms with Gasteiger partial charge in [-0.3, -0.25) is 0 Å². The molecule has 0 aromatic heterocycles. The monoisotopic (exact) mass is 249 g/mol. The highest BCUT2D eigenvalue weighted by atomic mass is 16.5. The molecule has 0 aromatic carbocycles. The molecule has 1 aliphatic rings. The summed E-state index contributed by atoms with van der Waals surface area (Å²) in [6.45, 7) is 12.1. The molecule has 1 aliphatic carbocycles. The molecule has 1 unspecified atom stereocenters. The fourth-order valence-electron chi connectivity index (χ4n) is 1.45. The summed E-state index contributed by atoms with van der Waals surface area (Å²) < 4.78 is 5.88. The molecule has 0 radical (unpaired) electrons. The molecule has 1 atom stereocenters. The third-order valence-electron chi connectivity index (χ3n) is 4.20. The predicted molar refractivity (Wildman–Crippen MR) is 75.6 cm³/mol. The van der Waals surface area contributed by atoms with Crippen LogP contribution in [0.1, 0.15) is 48.0 Å². The number of hydrogen-bond donors (Lipinski definition) is 2. The highest BCUT2D eigenvalue weighted by Gasteiger charge is 2.47. The molecule has 0 saturated heterocycles. The molecule has 0 saturated carbocycles. The molecule has 0 fully saturated rings. The normalized spacial score (nSPS) is 24.1. The summed E-state index contributed by atoms with van der Waals surface area (Å²) in [6, 6.07) is 0. The lowest BCUT2D eigenvalue weighted by Gasteiger charge is -2.43. The van der Waals surface area contributed by atoms with Crippen molar-refractivity contribution in [3.8, 4) is 11.8 Å². The fourth-order valence-corrected chi connectivity index (χ4v) is 1.45. The highest BCUT2D eigenvalue weighted by molar-refractivity contribution is 6.48. The van der Waals surface area contributed by atoms with Crippen molar-refractivity contribution >= 4 is 7.12 Å². The Balaban J connectivity index is 2.88. The molecule has 0 spiro atoms. The van der Waals surface area contributed by atoms with Crippen molar-refractivity contribution in [1.29, 1.82) is 0 Å². The average molecular weight is 249 g/mol. The quantitative estimate of drug-likeness (QED) is 0.596. The van der Waals surface area contributed by atoms with Gasteiger partial charge in [0, 0.05) is 18.2 Å². The second-order valence-corrected chi connectivity index (χ2v) is 6.75. The number of rotatable bonds is 3. The van der Waals surface area contributed by atoms with Crippen LogP contribution >= 0.6 is 0 Å². The first-order chi connectivity index (χ1) is 8.01. The van der Waals surface area contributed by atoms with Crippen LogP contribution < -0.4 is 5.73 Å². The first-order valence-corrected chi connectivity index (χ1v) is 6.31. The molecule has 0 bridgehead atoms.